The van der Waals surface area contributed by atoms with Gasteiger partial charge in [-0.2, -0.15) is 8.78 Å². The highest BCUT2D eigenvalue weighted by Gasteiger charge is 2.05. The van der Waals surface area contributed by atoms with Crippen molar-refractivity contribution in [3.05, 3.63) is 0 Å². The van der Waals surface area contributed by atoms with Crippen LogP contribution in [0.2, 0.25) is 0 Å². The zero-order valence-electron chi connectivity index (χ0n) is 4.27. The second kappa shape index (κ2) is 3.91. The monoisotopic (exact) mass is 144 g/mol. The van der Waals surface area contributed by atoms with Crippen molar-refractivity contribution >= 4 is 11.1 Å². The lowest BCUT2D eigenvalue weighted by molar-refractivity contribution is -0.0396. The number of halogens is 2. The van der Waals surface area contributed by atoms with Crippen molar-refractivity contribution in [2.45, 2.75) is 13.5 Å². The minimum absolute atomic E-state index is 0.102. The fraction of sp³-hybridized carbons (Fsp3) is 1.00. The average Bonchev–Trinajstić information content (AvgIpc) is 1.65. The fourth-order valence-electron chi connectivity index (χ4n) is 0.149. The predicted octanol–water partition coefficient (Wildman–Crippen LogP) is 0.909. The molecule has 0 aromatic rings. The molecular formula is C3H6F2O2S. The van der Waals surface area contributed by atoms with Gasteiger partial charge in [-0.1, -0.05) is 6.92 Å². The topological polar surface area (TPSA) is 26.3 Å². The number of hydrogen-bond acceptors (Lipinski definition) is 2. The highest BCUT2D eigenvalue weighted by Crippen LogP contribution is 1.97. The SMILES string of the molecule is CCS(=O)OC(F)F. The van der Waals surface area contributed by atoms with Gasteiger partial charge < -0.3 is 0 Å². The molecule has 5 heteroatoms. The third kappa shape index (κ3) is 4.14. The van der Waals surface area contributed by atoms with Crippen LogP contribution in [0.1, 0.15) is 6.92 Å². The molecule has 0 aliphatic rings. The summed E-state index contributed by atoms with van der Waals surface area (Å²) >= 11 is -1.81. The van der Waals surface area contributed by atoms with E-state index in [1.54, 1.807) is 0 Å². The Hall–Kier alpha value is -0.0300. The number of hydrogen-bond donors (Lipinski definition) is 0. The zero-order valence-corrected chi connectivity index (χ0v) is 5.08. The molecule has 0 aliphatic heterocycles. The van der Waals surface area contributed by atoms with Gasteiger partial charge in [-0.05, 0) is 0 Å². The van der Waals surface area contributed by atoms with Crippen LogP contribution in [0.3, 0.4) is 0 Å². The van der Waals surface area contributed by atoms with E-state index in [0.29, 0.717) is 0 Å². The summed E-state index contributed by atoms with van der Waals surface area (Å²) in [4.78, 5) is 0. The lowest BCUT2D eigenvalue weighted by Crippen LogP contribution is -2.04. The lowest BCUT2D eigenvalue weighted by Gasteiger charge is -1.95. The van der Waals surface area contributed by atoms with Crippen molar-refractivity contribution in [3.8, 4) is 0 Å². The Balaban J connectivity index is 3.25. The molecule has 1 atom stereocenters. The first-order valence-electron chi connectivity index (χ1n) is 2.00. The maximum Gasteiger partial charge on any atom is 0.357 e. The molecule has 0 fully saturated rings. The molecule has 0 rings (SSSR count). The predicted molar refractivity (Wildman–Crippen MR) is 25.8 cm³/mol. The highest BCUT2D eigenvalue weighted by atomic mass is 32.2. The molecule has 0 aliphatic carbocycles. The van der Waals surface area contributed by atoms with Gasteiger partial charge in [-0.3, -0.25) is 0 Å². The van der Waals surface area contributed by atoms with Gasteiger partial charge in [0.25, 0.3) is 0 Å². The van der Waals surface area contributed by atoms with Gasteiger partial charge in [0.05, 0.1) is 0 Å². The molecule has 0 N–H and O–H groups in total. The molecule has 8 heavy (non-hydrogen) atoms. The van der Waals surface area contributed by atoms with Gasteiger partial charge in [-0.15, -0.1) is 0 Å². The van der Waals surface area contributed by atoms with Crippen molar-refractivity contribution in [2.75, 3.05) is 5.75 Å². The standard InChI is InChI=1S/C3H6F2O2S/c1-2-8(6)7-3(4)5/h3H,2H2,1H3. The quantitative estimate of drug-likeness (QED) is 0.588. The van der Waals surface area contributed by atoms with E-state index >= 15 is 0 Å². The van der Waals surface area contributed by atoms with E-state index in [9.17, 15) is 13.0 Å². The van der Waals surface area contributed by atoms with Gasteiger partial charge in [0.1, 0.15) is 0 Å². The average molecular weight is 144 g/mol. The van der Waals surface area contributed by atoms with Crippen LogP contribution < -0.4 is 0 Å². The Morgan fingerprint density at radius 3 is 2.38 bits per heavy atom. The van der Waals surface area contributed by atoms with Crippen LogP contribution in [-0.4, -0.2) is 16.6 Å². The second-order valence-electron chi connectivity index (χ2n) is 0.949. The number of rotatable bonds is 3. The summed E-state index contributed by atoms with van der Waals surface area (Å²) in [5.74, 6) is 0.102. The van der Waals surface area contributed by atoms with E-state index in [-0.39, 0.29) is 5.75 Å². The van der Waals surface area contributed by atoms with E-state index in [1.165, 1.54) is 6.92 Å². The molecule has 0 saturated carbocycles. The Morgan fingerprint density at radius 1 is 1.75 bits per heavy atom. The smallest absolute Gasteiger partial charge is 0.230 e. The van der Waals surface area contributed by atoms with Gasteiger partial charge in [0.15, 0.2) is 11.1 Å². The van der Waals surface area contributed by atoms with Crippen LogP contribution in [0.4, 0.5) is 8.78 Å². The molecule has 0 heterocycles. The van der Waals surface area contributed by atoms with E-state index in [4.69, 9.17) is 0 Å². The Bertz CT molecular complexity index is 85.4. The Morgan fingerprint density at radius 2 is 2.25 bits per heavy atom. The van der Waals surface area contributed by atoms with Gasteiger partial charge in [0.2, 0.25) is 0 Å². The third-order valence-corrected chi connectivity index (χ3v) is 1.25. The summed E-state index contributed by atoms with van der Waals surface area (Å²) in [6.45, 7) is -1.42. The van der Waals surface area contributed by atoms with Gasteiger partial charge in [0, 0.05) is 5.75 Å². The van der Waals surface area contributed by atoms with Crippen LogP contribution in [0.25, 0.3) is 0 Å². The zero-order chi connectivity index (χ0) is 6.57. The number of alkyl halides is 2. The van der Waals surface area contributed by atoms with Crippen LogP contribution in [-0.2, 0) is 15.3 Å². The van der Waals surface area contributed by atoms with Crippen LogP contribution in [0, 0.1) is 0 Å². The molecule has 0 spiro atoms. The summed E-state index contributed by atoms with van der Waals surface area (Å²) in [6, 6.07) is 0. The van der Waals surface area contributed by atoms with Crippen molar-refractivity contribution < 1.29 is 17.2 Å². The van der Waals surface area contributed by atoms with Gasteiger partial charge in [-0.25, -0.2) is 8.39 Å². The van der Waals surface area contributed by atoms with E-state index in [0.717, 1.165) is 0 Å². The molecule has 1 unspecified atom stereocenters. The summed E-state index contributed by atoms with van der Waals surface area (Å²) in [5, 5.41) is 0. The largest absolute Gasteiger partial charge is 0.357 e. The Kier molecular flexibility index (Phi) is 3.90. The normalized spacial score (nSPS) is 14.5. The molecule has 0 bridgehead atoms. The molecule has 0 aromatic carbocycles. The summed E-state index contributed by atoms with van der Waals surface area (Å²) in [5.41, 5.74) is 0. The van der Waals surface area contributed by atoms with E-state index in [2.05, 4.69) is 4.18 Å². The van der Waals surface area contributed by atoms with Crippen molar-refractivity contribution in [2.24, 2.45) is 0 Å². The Labute approximate surface area is 48.5 Å². The highest BCUT2D eigenvalue weighted by molar-refractivity contribution is 7.80. The first-order chi connectivity index (χ1) is 3.66. The van der Waals surface area contributed by atoms with Crippen LogP contribution >= 0.6 is 0 Å². The summed E-state index contributed by atoms with van der Waals surface area (Å²) in [6.07, 6.45) is 0. The molecule has 0 aromatic heterocycles. The third-order valence-electron chi connectivity index (χ3n) is 0.416. The maximum atomic E-state index is 11.1. The van der Waals surface area contributed by atoms with Crippen LogP contribution in [0.5, 0.6) is 0 Å². The minimum Gasteiger partial charge on any atom is -0.230 e. The van der Waals surface area contributed by atoms with Crippen molar-refractivity contribution in [1.29, 1.82) is 0 Å². The van der Waals surface area contributed by atoms with Crippen molar-refractivity contribution in [3.63, 3.8) is 0 Å². The lowest BCUT2D eigenvalue weighted by atomic mass is 11.0. The molecular weight excluding hydrogens is 138 g/mol. The van der Waals surface area contributed by atoms with Crippen molar-refractivity contribution in [1.82, 2.24) is 0 Å². The molecule has 0 saturated heterocycles. The van der Waals surface area contributed by atoms with Crippen LogP contribution in [0.15, 0.2) is 0 Å². The first kappa shape index (κ1) is 7.97. The van der Waals surface area contributed by atoms with E-state index in [1.807, 2.05) is 0 Å². The summed E-state index contributed by atoms with van der Waals surface area (Å²) < 4.78 is 35.7. The molecule has 2 nitrogen and oxygen atoms in total. The second-order valence-corrected chi connectivity index (χ2v) is 2.33. The maximum absolute atomic E-state index is 11.1. The first-order valence-corrected chi connectivity index (χ1v) is 3.25. The minimum atomic E-state index is -2.92. The molecule has 50 valence electrons. The fourth-order valence-corrected chi connectivity index (χ4v) is 0.448. The molecule has 0 amide bonds. The summed E-state index contributed by atoms with van der Waals surface area (Å²) in [7, 11) is 0. The van der Waals surface area contributed by atoms with Gasteiger partial charge >= 0.3 is 6.61 Å². The molecule has 0 radical (unpaired) electrons. The van der Waals surface area contributed by atoms with E-state index < -0.39 is 17.7 Å².